The normalized spacial score (nSPS) is 10.4. The molecule has 0 amide bonds. The predicted molar refractivity (Wildman–Crippen MR) is 79.8 cm³/mol. The molecule has 2 rings (SSSR count). The average Bonchev–Trinajstić information content (AvgIpc) is 2.45. The fraction of sp³-hybridized carbons (Fsp3) is 0.214. The molecule has 0 aliphatic heterocycles. The molecule has 1 aromatic carbocycles. The van der Waals surface area contributed by atoms with Gasteiger partial charge in [0.05, 0.1) is 11.6 Å². The zero-order valence-corrected chi connectivity index (χ0v) is 12.0. The van der Waals surface area contributed by atoms with Gasteiger partial charge in [-0.15, -0.1) is 11.8 Å². The lowest BCUT2D eigenvalue weighted by Crippen LogP contribution is -2.02. The van der Waals surface area contributed by atoms with Gasteiger partial charge in [0.25, 0.3) is 0 Å². The molecule has 0 aliphatic rings. The van der Waals surface area contributed by atoms with Gasteiger partial charge in [0.15, 0.2) is 0 Å². The number of pyridine rings is 1. The van der Waals surface area contributed by atoms with Gasteiger partial charge in [-0.3, -0.25) is 0 Å². The van der Waals surface area contributed by atoms with E-state index in [2.05, 4.69) is 4.98 Å². The second-order valence-corrected chi connectivity index (χ2v) is 5.33. The van der Waals surface area contributed by atoms with Crippen LogP contribution >= 0.6 is 23.4 Å². The summed E-state index contributed by atoms with van der Waals surface area (Å²) >= 11 is 7.61. The summed E-state index contributed by atoms with van der Waals surface area (Å²) < 4.78 is 5.66. The van der Waals surface area contributed by atoms with Crippen molar-refractivity contribution in [2.45, 2.75) is 11.6 Å². The van der Waals surface area contributed by atoms with E-state index in [0.29, 0.717) is 18.2 Å². The summed E-state index contributed by atoms with van der Waals surface area (Å²) in [6.07, 6.45) is 1.74. The van der Waals surface area contributed by atoms with Crippen molar-refractivity contribution in [2.24, 2.45) is 5.73 Å². The number of thioether (sulfide) groups is 1. The molecule has 0 unspecified atom stereocenters. The second kappa shape index (κ2) is 7.38. The molecule has 0 saturated carbocycles. The minimum Gasteiger partial charge on any atom is -0.493 e. The largest absolute Gasteiger partial charge is 0.493 e. The fourth-order valence-corrected chi connectivity index (χ4v) is 2.52. The van der Waals surface area contributed by atoms with Gasteiger partial charge in [-0.25, -0.2) is 4.98 Å². The van der Waals surface area contributed by atoms with Gasteiger partial charge in [0, 0.05) is 18.5 Å². The maximum Gasteiger partial charge on any atom is 0.119 e. The molecule has 5 heteroatoms. The van der Waals surface area contributed by atoms with E-state index in [1.165, 1.54) is 0 Å². The van der Waals surface area contributed by atoms with Gasteiger partial charge in [0.2, 0.25) is 0 Å². The van der Waals surface area contributed by atoms with E-state index in [1.54, 1.807) is 18.0 Å². The highest BCUT2D eigenvalue weighted by atomic mass is 35.5. The molecule has 0 atom stereocenters. The van der Waals surface area contributed by atoms with Gasteiger partial charge in [-0.2, -0.15) is 0 Å². The van der Waals surface area contributed by atoms with Crippen molar-refractivity contribution in [2.75, 3.05) is 12.4 Å². The molecule has 0 fully saturated rings. The van der Waals surface area contributed by atoms with Crippen LogP contribution < -0.4 is 10.5 Å². The van der Waals surface area contributed by atoms with Crippen LogP contribution in [0.15, 0.2) is 47.6 Å². The number of nitrogens with two attached hydrogens (primary N) is 1. The maximum atomic E-state index is 6.02. The van der Waals surface area contributed by atoms with Crippen molar-refractivity contribution in [1.29, 1.82) is 0 Å². The fourth-order valence-electron chi connectivity index (χ4n) is 1.54. The third kappa shape index (κ3) is 4.42. The lowest BCUT2D eigenvalue weighted by atomic mass is 10.2. The highest BCUT2D eigenvalue weighted by Crippen LogP contribution is 2.24. The van der Waals surface area contributed by atoms with E-state index >= 15 is 0 Å². The van der Waals surface area contributed by atoms with Crippen molar-refractivity contribution in [1.82, 2.24) is 4.98 Å². The Morgan fingerprint density at radius 1 is 1.26 bits per heavy atom. The van der Waals surface area contributed by atoms with Crippen LogP contribution in [0.25, 0.3) is 0 Å². The first kappa shape index (κ1) is 14.2. The Morgan fingerprint density at radius 3 is 2.95 bits per heavy atom. The van der Waals surface area contributed by atoms with Crippen molar-refractivity contribution in [3.8, 4) is 5.75 Å². The molecule has 2 aromatic rings. The Morgan fingerprint density at radius 2 is 2.16 bits per heavy atom. The number of nitrogens with zero attached hydrogens (tertiary/aromatic N) is 1. The van der Waals surface area contributed by atoms with Crippen LogP contribution in [0.2, 0.25) is 5.02 Å². The SMILES string of the molecule is NCc1cccc(OCCSc2ncccc2Cl)c1. The first-order valence-electron chi connectivity index (χ1n) is 5.94. The van der Waals surface area contributed by atoms with E-state index < -0.39 is 0 Å². The molecular formula is C14H15ClN2OS. The van der Waals surface area contributed by atoms with Crippen molar-refractivity contribution >= 4 is 23.4 Å². The minimum atomic E-state index is 0.523. The average molecular weight is 295 g/mol. The van der Waals surface area contributed by atoms with E-state index in [-0.39, 0.29) is 0 Å². The van der Waals surface area contributed by atoms with Crippen LogP contribution in [0.3, 0.4) is 0 Å². The summed E-state index contributed by atoms with van der Waals surface area (Å²) in [5.41, 5.74) is 6.65. The summed E-state index contributed by atoms with van der Waals surface area (Å²) in [4.78, 5) is 4.21. The van der Waals surface area contributed by atoms with Gasteiger partial charge in [-0.1, -0.05) is 23.7 Å². The Kier molecular flexibility index (Phi) is 5.51. The molecule has 3 nitrogen and oxygen atoms in total. The number of aromatic nitrogens is 1. The third-order valence-electron chi connectivity index (χ3n) is 2.45. The van der Waals surface area contributed by atoms with Crippen molar-refractivity contribution in [3.05, 3.63) is 53.2 Å². The van der Waals surface area contributed by atoms with Crippen molar-refractivity contribution < 1.29 is 4.74 Å². The standard InChI is InChI=1S/C14H15ClN2OS/c15-13-5-2-6-17-14(13)19-8-7-18-12-4-1-3-11(9-12)10-16/h1-6,9H,7-8,10,16H2. The van der Waals surface area contributed by atoms with Crippen molar-refractivity contribution in [3.63, 3.8) is 0 Å². The molecule has 0 spiro atoms. The number of halogens is 1. The quantitative estimate of drug-likeness (QED) is 0.655. The van der Waals surface area contributed by atoms with Crippen LogP contribution in [0.5, 0.6) is 5.75 Å². The first-order valence-corrected chi connectivity index (χ1v) is 7.31. The number of hydrogen-bond acceptors (Lipinski definition) is 4. The summed E-state index contributed by atoms with van der Waals surface area (Å²) in [6.45, 7) is 1.13. The summed E-state index contributed by atoms with van der Waals surface area (Å²) in [5.74, 6) is 1.64. The van der Waals surface area contributed by atoms with Crippen LogP contribution in [0, 0.1) is 0 Å². The highest BCUT2D eigenvalue weighted by molar-refractivity contribution is 7.99. The topological polar surface area (TPSA) is 48.1 Å². The number of ether oxygens (including phenoxy) is 1. The first-order chi connectivity index (χ1) is 9.29. The lowest BCUT2D eigenvalue weighted by Gasteiger charge is -2.07. The molecule has 1 aromatic heterocycles. The van der Waals surface area contributed by atoms with E-state index in [0.717, 1.165) is 22.1 Å². The molecule has 0 saturated heterocycles. The molecule has 0 bridgehead atoms. The zero-order valence-electron chi connectivity index (χ0n) is 10.4. The Labute approximate surface area is 122 Å². The maximum absolute atomic E-state index is 6.02. The van der Waals surface area contributed by atoms with Gasteiger partial charge >= 0.3 is 0 Å². The Hall–Kier alpha value is -1.23. The smallest absolute Gasteiger partial charge is 0.119 e. The van der Waals surface area contributed by atoms with Gasteiger partial charge < -0.3 is 10.5 Å². The summed E-state index contributed by atoms with van der Waals surface area (Å²) in [6, 6.07) is 11.5. The zero-order chi connectivity index (χ0) is 13.5. The highest BCUT2D eigenvalue weighted by Gasteiger charge is 2.01. The molecule has 2 N–H and O–H groups in total. The van der Waals surface area contributed by atoms with E-state index in [1.807, 2.05) is 36.4 Å². The molecule has 100 valence electrons. The molecule has 19 heavy (non-hydrogen) atoms. The predicted octanol–water partition coefficient (Wildman–Crippen LogP) is 3.36. The number of benzene rings is 1. The Bertz CT molecular complexity index is 536. The third-order valence-corrected chi connectivity index (χ3v) is 3.84. The Balaban J connectivity index is 1.79. The number of rotatable bonds is 6. The summed E-state index contributed by atoms with van der Waals surface area (Å²) in [5, 5.41) is 1.51. The van der Waals surface area contributed by atoms with Crippen LogP contribution in [0.1, 0.15) is 5.56 Å². The van der Waals surface area contributed by atoms with E-state index in [4.69, 9.17) is 22.1 Å². The van der Waals surface area contributed by atoms with Crippen LogP contribution in [-0.2, 0) is 6.54 Å². The minimum absolute atomic E-state index is 0.523. The second-order valence-electron chi connectivity index (χ2n) is 3.84. The lowest BCUT2D eigenvalue weighted by molar-refractivity contribution is 0.343. The molecule has 0 radical (unpaired) electrons. The van der Waals surface area contributed by atoms with Crippen LogP contribution in [0.4, 0.5) is 0 Å². The number of hydrogen-bond donors (Lipinski definition) is 1. The summed E-state index contributed by atoms with van der Waals surface area (Å²) in [7, 11) is 0. The molecule has 1 heterocycles. The monoisotopic (exact) mass is 294 g/mol. The van der Waals surface area contributed by atoms with Gasteiger partial charge in [0.1, 0.15) is 10.8 Å². The van der Waals surface area contributed by atoms with Gasteiger partial charge in [-0.05, 0) is 29.8 Å². The van der Waals surface area contributed by atoms with Crippen LogP contribution in [-0.4, -0.2) is 17.3 Å². The molecule has 0 aliphatic carbocycles. The molecular weight excluding hydrogens is 280 g/mol. The van der Waals surface area contributed by atoms with E-state index in [9.17, 15) is 0 Å².